The maximum absolute atomic E-state index is 10.9. The number of benzene rings is 1. The van der Waals surface area contributed by atoms with Crippen LogP contribution in [0.1, 0.15) is 28.5 Å². The molecule has 0 aliphatic heterocycles. The van der Waals surface area contributed by atoms with Crippen molar-refractivity contribution in [2.75, 3.05) is 5.32 Å². The molecule has 2 aromatic rings. The van der Waals surface area contributed by atoms with Crippen LogP contribution >= 0.6 is 15.9 Å². The van der Waals surface area contributed by atoms with Crippen LogP contribution in [0.15, 0.2) is 41.0 Å². The van der Waals surface area contributed by atoms with E-state index in [4.69, 9.17) is 5.11 Å². The van der Waals surface area contributed by atoms with E-state index in [1.54, 1.807) is 24.4 Å². The number of carbonyl (C=O) groups is 1. The number of aromatic nitrogens is 1. The van der Waals surface area contributed by atoms with Gasteiger partial charge in [0.2, 0.25) is 0 Å². The number of nitrogens with zero attached hydrogens (tertiary/aromatic N) is 1. The minimum Gasteiger partial charge on any atom is -0.478 e. The van der Waals surface area contributed by atoms with E-state index in [9.17, 15) is 4.79 Å². The first-order chi connectivity index (χ1) is 9.61. The second-order valence-corrected chi connectivity index (χ2v) is 5.17. The van der Waals surface area contributed by atoms with Gasteiger partial charge in [-0.2, -0.15) is 0 Å². The summed E-state index contributed by atoms with van der Waals surface area (Å²) in [4.78, 5) is 15.2. The van der Waals surface area contributed by atoms with Crippen LogP contribution in [0.4, 0.5) is 5.69 Å². The molecule has 0 bridgehead atoms. The first-order valence-corrected chi connectivity index (χ1v) is 7.10. The summed E-state index contributed by atoms with van der Waals surface area (Å²) in [5.74, 6) is -0.935. The fourth-order valence-corrected chi connectivity index (χ4v) is 2.44. The van der Waals surface area contributed by atoms with Crippen molar-refractivity contribution in [2.45, 2.75) is 19.9 Å². The molecule has 0 saturated heterocycles. The lowest BCUT2D eigenvalue weighted by atomic mass is 10.1. The Hall–Kier alpha value is -1.88. The molecule has 0 aliphatic carbocycles. The van der Waals surface area contributed by atoms with Crippen LogP contribution in [0, 0.1) is 0 Å². The summed E-state index contributed by atoms with van der Waals surface area (Å²) >= 11 is 3.38. The van der Waals surface area contributed by atoms with E-state index >= 15 is 0 Å². The van der Waals surface area contributed by atoms with Gasteiger partial charge in [-0.15, -0.1) is 0 Å². The van der Waals surface area contributed by atoms with Crippen molar-refractivity contribution in [3.63, 3.8) is 0 Å². The van der Waals surface area contributed by atoms with Gasteiger partial charge in [-0.25, -0.2) is 4.79 Å². The molecule has 20 heavy (non-hydrogen) atoms. The van der Waals surface area contributed by atoms with Crippen molar-refractivity contribution in [1.29, 1.82) is 0 Å². The number of nitrogens with one attached hydrogen (secondary N) is 1. The van der Waals surface area contributed by atoms with Crippen LogP contribution in [-0.4, -0.2) is 16.1 Å². The number of pyridine rings is 1. The van der Waals surface area contributed by atoms with Crippen molar-refractivity contribution >= 4 is 27.6 Å². The molecule has 2 N–H and O–H groups in total. The highest BCUT2D eigenvalue weighted by Gasteiger charge is 2.07. The van der Waals surface area contributed by atoms with Gasteiger partial charge in [0, 0.05) is 16.4 Å². The van der Waals surface area contributed by atoms with E-state index in [0.29, 0.717) is 6.54 Å². The summed E-state index contributed by atoms with van der Waals surface area (Å²) < 4.78 is 0.728. The standard InChI is InChI=1S/C15H15BrN2O2/c1-2-10-4-3-7-17-14(10)9-18-13-6-5-11(15(19)20)8-12(13)16/h3-8,18H,2,9H2,1H3,(H,19,20). The molecular weight excluding hydrogens is 320 g/mol. The van der Waals surface area contributed by atoms with Crippen LogP contribution < -0.4 is 5.32 Å². The zero-order chi connectivity index (χ0) is 14.5. The molecule has 0 aliphatic rings. The van der Waals surface area contributed by atoms with Crippen LogP contribution in [0.5, 0.6) is 0 Å². The molecule has 1 aromatic heterocycles. The van der Waals surface area contributed by atoms with Gasteiger partial charge in [-0.1, -0.05) is 13.0 Å². The van der Waals surface area contributed by atoms with Gasteiger partial charge in [0.15, 0.2) is 0 Å². The van der Waals surface area contributed by atoms with Crippen molar-refractivity contribution < 1.29 is 9.90 Å². The number of carboxylic acids is 1. The molecule has 0 fully saturated rings. The monoisotopic (exact) mass is 334 g/mol. The van der Waals surface area contributed by atoms with Gasteiger partial charge in [0.25, 0.3) is 0 Å². The Labute approximate surface area is 126 Å². The predicted molar refractivity (Wildman–Crippen MR) is 82.0 cm³/mol. The number of halogens is 1. The number of anilines is 1. The quantitative estimate of drug-likeness (QED) is 0.874. The predicted octanol–water partition coefficient (Wildman–Crippen LogP) is 3.72. The molecule has 104 valence electrons. The van der Waals surface area contributed by atoms with Gasteiger partial charge in [0.1, 0.15) is 0 Å². The lowest BCUT2D eigenvalue weighted by Gasteiger charge is -2.11. The fraction of sp³-hybridized carbons (Fsp3) is 0.200. The fourth-order valence-electron chi connectivity index (χ4n) is 1.92. The molecular formula is C15H15BrN2O2. The number of rotatable bonds is 5. The van der Waals surface area contributed by atoms with Crippen LogP contribution in [-0.2, 0) is 13.0 Å². The Bertz CT molecular complexity index is 629. The maximum atomic E-state index is 10.9. The summed E-state index contributed by atoms with van der Waals surface area (Å²) in [5.41, 5.74) is 3.32. The van der Waals surface area contributed by atoms with Crippen molar-refractivity contribution in [3.05, 3.63) is 57.8 Å². The molecule has 0 atom stereocenters. The van der Waals surface area contributed by atoms with Crippen LogP contribution in [0.2, 0.25) is 0 Å². The molecule has 1 heterocycles. The first-order valence-electron chi connectivity index (χ1n) is 6.31. The van der Waals surface area contributed by atoms with Gasteiger partial charge in [0.05, 0.1) is 17.8 Å². The molecule has 0 radical (unpaired) electrons. The van der Waals surface area contributed by atoms with Crippen molar-refractivity contribution in [1.82, 2.24) is 4.98 Å². The van der Waals surface area contributed by atoms with Crippen molar-refractivity contribution in [2.24, 2.45) is 0 Å². The molecule has 0 amide bonds. The largest absolute Gasteiger partial charge is 0.478 e. The van der Waals surface area contributed by atoms with Crippen LogP contribution in [0.3, 0.4) is 0 Å². The lowest BCUT2D eigenvalue weighted by Crippen LogP contribution is -2.06. The van der Waals surface area contributed by atoms with E-state index in [0.717, 1.165) is 22.3 Å². The molecule has 2 rings (SSSR count). The number of aryl methyl sites for hydroxylation is 1. The zero-order valence-corrected chi connectivity index (χ0v) is 12.6. The second-order valence-electron chi connectivity index (χ2n) is 4.32. The molecule has 4 nitrogen and oxygen atoms in total. The minimum absolute atomic E-state index is 0.259. The Kier molecular flexibility index (Phi) is 4.74. The van der Waals surface area contributed by atoms with E-state index in [1.807, 2.05) is 6.07 Å². The van der Waals surface area contributed by atoms with E-state index < -0.39 is 5.97 Å². The topological polar surface area (TPSA) is 62.2 Å². The van der Waals surface area contributed by atoms with Crippen LogP contribution in [0.25, 0.3) is 0 Å². The molecule has 0 spiro atoms. The molecule has 0 saturated carbocycles. The Morgan fingerprint density at radius 3 is 2.85 bits per heavy atom. The SMILES string of the molecule is CCc1cccnc1CNc1ccc(C(=O)O)cc1Br. The van der Waals surface area contributed by atoms with Gasteiger partial charge >= 0.3 is 5.97 Å². The van der Waals surface area contributed by atoms with E-state index in [2.05, 4.69) is 39.2 Å². The summed E-state index contributed by atoms with van der Waals surface area (Å²) in [7, 11) is 0. The molecule has 0 unspecified atom stereocenters. The van der Waals surface area contributed by atoms with Gasteiger partial charge in [-0.3, -0.25) is 4.98 Å². The number of aromatic carboxylic acids is 1. The first kappa shape index (κ1) is 14.5. The highest BCUT2D eigenvalue weighted by Crippen LogP contribution is 2.24. The Morgan fingerprint density at radius 1 is 1.40 bits per heavy atom. The number of hydrogen-bond acceptors (Lipinski definition) is 3. The average Bonchev–Trinajstić information content (AvgIpc) is 2.46. The Balaban J connectivity index is 2.13. The summed E-state index contributed by atoms with van der Waals surface area (Å²) in [6, 6.07) is 8.91. The number of carboxylic acid groups (broad SMARTS) is 1. The minimum atomic E-state index is -0.935. The number of hydrogen-bond donors (Lipinski definition) is 2. The van der Waals surface area contributed by atoms with Gasteiger partial charge < -0.3 is 10.4 Å². The van der Waals surface area contributed by atoms with Gasteiger partial charge in [-0.05, 0) is 52.2 Å². The van der Waals surface area contributed by atoms with E-state index in [1.165, 1.54) is 5.56 Å². The molecule has 1 aromatic carbocycles. The summed E-state index contributed by atoms with van der Waals surface area (Å²) in [6.45, 7) is 2.70. The normalized spacial score (nSPS) is 10.3. The zero-order valence-electron chi connectivity index (χ0n) is 11.1. The third-order valence-corrected chi connectivity index (χ3v) is 3.68. The summed E-state index contributed by atoms with van der Waals surface area (Å²) in [6.07, 6.45) is 2.71. The highest BCUT2D eigenvalue weighted by atomic mass is 79.9. The lowest BCUT2D eigenvalue weighted by molar-refractivity contribution is 0.0697. The second kappa shape index (κ2) is 6.52. The maximum Gasteiger partial charge on any atom is 0.335 e. The molecule has 5 heteroatoms. The smallest absolute Gasteiger partial charge is 0.335 e. The van der Waals surface area contributed by atoms with Crippen molar-refractivity contribution in [3.8, 4) is 0 Å². The summed E-state index contributed by atoms with van der Waals surface area (Å²) in [5, 5.41) is 12.2. The Morgan fingerprint density at radius 2 is 2.20 bits per heavy atom. The third kappa shape index (κ3) is 3.36. The van der Waals surface area contributed by atoms with E-state index in [-0.39, 0.29) is 5.56 Å². The third-order valence-electron chi connectivity index (χ3n) is 3.03. The average molecular weight is 335 g/mol. The highest BCUT2D eigenvalue weighted by molar-refractivity contribution is 9.10.